The summed E-state index contributed by atoms with van der Waals surface area (Å²) in [5.74, 6) is -1.13. The molecule has 1 amide bonds. The smallest absolute Gasteiger partial charge is 0.326 e. The van der Waals surface area contributed by atoms with E-state index in [1.165, 1.54) is 12.0 Å². The Bertz CT molecular complexity index is 500. The first kappa shape index (κ1) is 14.5. The summed E-state index contributed by atoms with van der Waals surface area (Å²) in [4.78, 5) is 24.8. The van der Waals surface area contributed by atoms with Gasteiger partial charge < -0.3 is 14.7 Å². The molecule has 2 heterocycles. The van der Waals surface area contributed by atoms with Gasteiger partial charge in [-0.15, -0.1) is 0 Å². The van der Waals surface area contributed by atoms with Crippen LogP contribution in [0, 0.1) is 0 Å². The quantitative estimate of drug-likeness (QED) is 0.824. The lowest BCUT2D eigenvalue weighted by Gasteiger charge is -2.21. The summed E-state index contributed by atoms with van der Waals surface area (Å²) in [6.45, 7) is 0.345. The molecule has 1 saturated heterocycles. The van der Waals surface area contributed by atoms with E-state index in [2.05, 4.69) is 5.10 Å². The van der Waals surface area contributed by atoms with Crippen LogP contribution < -0.4 is 0 Å². The van der Waals surface area contributed by atoms with E-state index in [1.54, 1.807) is 10.9 Å². The number of ether oxygens (including phenoxy) is 1. The minimum atomic E-state index is -0.974. The molecule has 1 aromatic rings. The highest BCUT2D eigenvalue weighted by Gasteiger charge is 2.39. The van der Waals surface area contributed by atoms with Gasteiger partial charge >= 0.3 is 5.97 Å². The molecule has 1 fully saturated rings. The monoisotopic (exact) mass is 281 g/mol. The second-order valence-corrected chi connectivity index (χ2v) is 4.94. The number of aryl methyl sites for hydroxylation is 2. The van der Waals surface area contributed by atoms with Crippen LogP contribution in [0.1, 0.15) is 18.5 Å². The Kier molecular flexibility index (Phi) is 4.39. The lowest BCUT2D eigenvalue weighted by molar-refractivity contribution is -0.148. The Hall–Kier alpha value is -1.89. The van der Waals surface area contributed by atoms with Crippen LogP contribution in [0.15, 0.2) is 12.3 Å². The molecule has 7 nitrogen and oxygen atoms in total. The molecule has 2 atom stereocenters. The maximum atomic E-state index is 12.2. The van der Waals surface area contributed by atoms with Gasteiger partial charge in [-0.25, -0.2) is 4.79 Å². The number of amides is 1. The number of nitrogens with zero attached hydrogens (tertiary/aromatic N) is 3. The molecular formula is C13H19N3O4. The number of carboxylic acids is 1. The predicted molar refractivity (Wildman–Crippen MR) is 70.1 cm³/mol. The zero-order chi connectivity index (χ0) is 14.7. The molecule has 2 rings (SSSR count). The third kappa shape index (κ3) is 2.98. The summed E-state index contributed by atoms with van der Waals surface area (Å²) in [5.41, 5.74) is 0.952. The zero-order valence-corrected chi connectivity index (χ0v) is 11.7. The van der Waals surface area contributed by atoms with E-state index in [0.717, 1.165) is 5.69 Å². The average molecular weight is 281 g/mol. The molecule has 1 aromatic heterocycles. The van der Waals surface area contributed by atoms with Crippen molar-refractivity contribution < 1.29 is 19.4 Å². The van der Waals surface area contributed by atoms with Gasteiger partial charge in [-0.3, -0.25) is 9.48 Å². The summed E-state index contributed by atoms with van der Waals surface area (Å²) in [6.07, 6.45) is 2.66. The van der Waals surface area contributed by atoms with E-state index in [-0.39, 0.29) is 18.4 Å². The van der Waals surface area contributed by atoms with Crippen molar-refractivity contribution in [3.8, 4) is 0 Å². The van der Waals surface area contributed by atoms with Crippen LogP contribution in [0.25, 0.3) is 0 Å². The van der Waals surface area contributed by atoms with Gasteiger partial charge in [0.1, 0.15) is 6.04 Å². The standard InChI is InChI=1S/C13H19N3O4/c1-15-9(5-6-14-15)3-4-12(17)16-8-10(20-2)7-11(16)13(18)19/h5-6,10-11H,3-4,7-8H2,1-2H3,(H,18,19). The Morgan fingerprint density at radius 1 is 1.55 bits per heavy atom. The second kappa shape index (κ2) is 6.04. The van der Waals surface area contributed by atoms with Gasteiger partial charge in [-0.05, 0) is 12.5 Å². The molecular weight excluding hydrogens is 262 g/mol. The number of hydrogen-bond donors (Lipinski definition) is 1. The molecule has 7 heteroatoms. The van der Waals surface area contributed by atoms with Crippen molar-refractivity contribution in [1.82, 2.24) is 14.7 Å². The Labute approximate surface area is 117 Å². The molecule has 2 unspecified atom stereocenters. The van der Waals surface area contributed by atoms with Gasteiger partial charge in [-0.1, -0.05) is 0 Å². The van der Waals surface area contributed by atoms with E-state index in [9.17, 15) is 14.7 Å². The van der Waals surface area contributed by atoms with Crippen molar-refractivity contribution in [2.24, 2.45) is 7.05 Å². The summed E-state index contributed by atoms with van der Waals surface area (Å²) < 4.78 is 6.88. The van der Waals surface area contributed by atoms with Crippen molar-refractivity contribution in [1.29, 1.82) is 0 Å². The molecule has 0 aliphatic carbocycles. The number of hydrogen-bond acceptors (Lipinski definition) is 4. The minimum Gasteiger partial charge on any atom is -0.480 e. The van der Waals surface area contributed by atoms with E-state index < -0.39 is 12.0 Å². The molecule has 0 spiro atoms. The van der Waals surface area contributed by atoms with Gasteiger partial charge in [-0.2, -0.15) is 5.10 Å². The fourth-order valence-corrected chi connectivity index (χ4v) is 2.50. The topological polar surface area (TPSA) is 84.7 Å². The molecule has 0 radical (unpaired) electrons. The van der Waals surface area contributed by atoms with Crippen molar-refractivity contribution in [3.05, 3.63) is 18.0 Å². The number of carbonyl (C=O) groups is 2. The van der Waals surface area contributed by atoms with E-state index in [4.69, 9.17) is 4.74 Å². The fraction of sp³-hybridized carbons (Fsp3) is 0.615. The van der Waals surface area contributed by atoms with Gasteiger partial charge in [0.15, 0.2) is 0 Å². The highest BCUT2D eigenvalue weighted by Crippen LogP contribution is 2.21. The summed E-state index contributed by atoms with van der Waals surface area (Å²) >= 11 is 0. The van der Waals surface area contributed by atoms with Crippen LogP contribution in [0.2, 0.25) is 0 Å². The van der Waals surface area contributed by atoms with Crippen molar-refractivity contribution in [2.75, 3.05) is 13.7 Å². The second-order valence-electron chi connectivity index (χ2n) is 4.94. The van der Waals surface area contributed by atoms with Crippen LogP contribution in [0.4, 0.5) is 0 Å². The summed E-state index contributed by atoms with van der Waals surface area (Å²) in [6, 6.07) is 1.07. The number of carboxylic acid groups (broad SMARTS) is 1. The van der Waals surface area contributed by atoms with E-state index in [0.29, 0.717) is 19.4 Å². The van der Waals surface area contributed by atoms with Crippen LogP contribution in [0.3, 0.4) is 0 Å². The van der Waals surface area contributed by atoms with E-state index in [1.807, 2.05) is 13.1 Å². The number of rotatable bonds is 5. The van der Waals surface area contributed by atoms with E-state index >= 15 is 0 Å². The van der Waals surface area contributed by atoms with Crippen LogP contribution >= 0.6 is 0 Å². The maximum absolute atomic E-state index is 12.2. The number of aliphatic carboxylic acids is 1. The highest BCUT2D eigenvalue weighted by molar-refractivity contribution is 5.84. The molecule has 0 saturated carbocycles. The minimum absolute atomic E-state index is 0.154. The Balaban J connectivity index is 1.97. The molecule has 20 heavy (non-hydrogen) atoms. The normalized spacial score (nSPS) is 22.2. The molecule has 0 aromatic carbocycles. The lowest BCUT2D eigenvalue weighted by Crippen LogP contribution is -2.40. The average Bonchev–Trinajstić information content (AvgIpc) is 3.02. The van der Waals surface area contributed by atoms with Crippen LogP contribution in [-0.2, 0) is 27.8 Å². The molecule has 110 valence electrons. The lowest BCUT2D eigenvalue weighted by atomic mass is 10.2. The van der Waals surface area contributed by atoms with Crippen molar-refractivity contribution in [3.63, 3.8) is 0 Å². The highest BCUT2D eigenvalue weighted by atomic mass is 16.5. The number of likely N-dealkylation sites (tertiary alicyclic amines) is 1. The predicted octanol–water partition coefficient (Wildman–Crippen LogP) is 0.0532. The molecule has 1 aliphatic rings. The number of aromatic nitrogens is 2. The fourth-order valence-electron chi connectivity index (χ4n) is 2.50. The van der Waals surface area contributed by atoms with Crippen LogP contribution in [0.5, 0.6) is 0 Å². The first-order valence-electron chi connectivity index (χ1n) is 6.55. The number of carbonyl (C=O) groups excluding carboxylic acids is 1. The number of methoxy groups -OCH3 is 1. The van der Waals surface area contributed by atoms with Gasteiger partial charge in [0.25, 0.3) is 0 Å². The Morgan fingerprint density at radius 2 is 2.30 bits per heavy atom. The molecule has 1 N–H and O–H groups in total. The third-order valence-electron chi connectivity index (χ3n) is 3.72. The first-order valence-corrected chi connectivity index (χ1v) is 6.55. The summed E-state index contributed by atoms with van der Waals surface area (Å²) in [5, 5.41) is 13.2. The van der Waals surface area contributed by atoms with Crippen molar-refractivity contribution in [2.45, 2.75) is 31.4 Å². The summed E-state index contributed by atoms with van der Waals surface area (Å²) in [7, 11) is 3.35. The van der Waals surface area contributed by atoms with Crippen LogP contribution in [-0.4, -0.2) is 57.5 Å². The third-order valence-corrected chi connectivity index (χ3v) is 3.72. The van der Waals surface area contributed by atoms with Gasteiger partial charge in [0, 0.05) is 45.4 Å². The molecule has 0 bridgehead atoms. The van der Waals surface area contributed by atoms with Crippen molar-refractivity contribution >= 4 is 11.9 Å². The molecule has 1 aliphatic heterocycles. The maximum Gasteiger partial charge on any atom is 0.326 e. The van der Waals surface area contributed by atoms with Gasteiger partial charge in [0.2, 0.25) is 5.91 Å². The zero-order valence-electron chi connectivity index (χ0n) is 11.7. The SMILES string of the molecule is COC1CC(C(=O)O)N(C(=O)CCc2ccnn2C)C1. The largest absolute Gasteiger partial charge is 0.480 e. The Morgan fingerprint density at radius 3 is 2.85 bits per heavy atom. The first-order chi connectivity index (χ1) is 9.52. The van der Waals surface area contributed by atoms with Gasteiger partial charge in [0.05, 0.1) is 6.10 Å².